The minimum Gasteiger partial charge on any atom is -0.508 e. The highest BCUT2D eigenvalue weighted by atomic mass is 16.5. The van der Waals surface area contributed by atoms with Gasteiger partial charge in [-0.3, -0.25) is 4.79 Å². The van der Waals surface area contributed by atoms with Gasteiger partial charge in [0.05, 0.1) is 23.2 Å². The summed E-state index contributed by atoms with van der Waals surface area (Å²) in [4.78, 5) is 30.7. The summed E-state index contributed by atoms with van der Waals surface area (Å²) >= 11 is 0. The lowest BCUT2D eigenvalue weighted by Crippen LogP contribution is -2.28. The van der Waals surface area contributed by atoms with Gasteiger partial charge < -0.3 is 19.3 Å². The zero-order valence-electron chi connectivity index (χ0n) is 16.3. The third kappa shape index (κ3) is 3.81. The predicted molar refractivity (Wildman–Crippen MR) is 109 cm³/mol. The van der Waals surface area contributed by atoms with E-state index in [1.54, 1.807) is 43.3 Å². The van der Waals surface area contributed by atoms with Crippen LogP contribution in [0.25, 0.3) is 22.4 Å². The molecule has 0 bridgehead atoms. The van der Waals surface area contributed by atoms with Crippen LogP contribution in [0.3, 0.4) is 0 Å². The number of likely N-dealkylation sites (tertiary alicyclic amines) is 1. The van der Waals surface area contributed by atoms with Crippen molar-refractivity contribution in [1.82, 2.24) is 14.5 Å². The maximum atomic E-state index is 12.1. The molecule has 1 aliphatic rings. The monoisotopic (exact) mass is 393 g/mol. The fraction of sp³-hybridized carbons (Fsp3) is 0.318. The largest absolute Gasteiger partial charge is 0.508 e. The highest BCUT2D eigenvalue weighted by Crippen LogP contribution is 2.27. The van der Waals surface area contributed by atoms with E-state index >= 15 is 0 Å². The summed E-state index contributed by atoms with van der Waals surface area (Å²) in [7, 11) is 0. The fourth-order valence-corrected chi connectivity index (χ4v) is 3.69. The maximum Gasteiger partial charge on any atom is 0.338 e. The Morgan fingerprint density at radius 3 is 2.66 bits per heavy atom. The molecule has 0 unspecified atom stereocenters. The minimum atomic E-state index is -0.377. The zero-order chi connectivity index (χ0) is 20.4. The molecule has 7 heteroatoms. The van der Waals surface area contributed by atoms with Crippen molar-refractivity contribution < 1.29 is 19.4 Å². The number of aromatic nitrogens is 2. The Morgan fingerprint density at radius 2 is 1.97 bits per heavy atom. The van der Waals surface area contributed by atoms with Crippen molar-refractivity contribution in [2.24, 2.45) is 0 Å². The normalized spacial score (nSPS) is 14.0. The van der Waals surface area contributed by atoms with E-state index in [0.29, 0.717) is 37.2 Å². The number of fused-ring (bicyclic) bond motifs is 1. The number of nitrogens with zero attached hydrogens (tertiary/aromatic N) is 3. The van der Waals surface area contributed by atoms with Crippen molar-refractivity contribution in [2.75, 3.05) is 19.7 Å². The SMILES string of the molecule is CCOC(=O)c1ccc2c(c1)nc(-c1ccc(O)cc1)n2CCN1CCCC1=O. The lowest BCUT2D eigenvalue weighted by atomic mass is 10.2. The first-order valence-corrected chi connectivity index (χ1v) is 9.81. The fourth-order valence-electron chi connectivity index (χ4n) is 3.69. The van der Waals surface area contributed by atoms with Gasteiger partial charge in [0.2, 0.25) is 5.91 Å². The van der Waals surface area contributed by atoms with Crippen molar-refractivity contribution in [2.45, 2.75) is 26.3 Å². The number of esters is 1. The molecule has 1 saturated heterocycles. The molecular formula is C22H23N3O4. The van der Waals surface area contributed by atoms with Crippen molar-refractivity contribution in [1.29, 1.82) is 0 Å². The van der Waals surface area contributed by atoms with E-state index in [2.05, 4.69) is 4.57 Å². The second kappa shape index (κ2) is 7.95. The number of benzene rings is 2. The van der Waals surface area contributed by atoms with E-state index < -0.39 is 0 Å². The van der Waals surface area contributed by atoms with Crippen molar-refractivity contribution in [3.63, 3.8) is 0 Å². The van der Waals surface area contributed by atoms with E-state index in [1.165, 1.54) is 0 Å². The average molecular weight is 393 g/mol. The van der Waals surface area contributed by atoms with E-state index in [1.807, 2.05) is 11.0 Å². The van der Waals surface area contributed by atoms with E-state index in [9.17, 15) is 14.7 Å². The molecule has 1 aliphatic heterocycles. The molecule has 1 N–H and O–H groups in total. The number of phenolic OH excluding ortho intramolecular Hbond substituents is 1. The molecule has 7 nitrogen and oxygen atoms in total. The van der Waals surface area contributed by atoms with Crippen LogP contribution in [0.1, 0.15) is 30.1 Å². The molecule has 1 aromatic heterocycles. The van der Waals surface area contributed by atoms with Gasteiger partial charge in [0, 0.05) is 31.6 Å². The van der Waals surface area contributed by atoms with Crippen LogP contribution >= 0.6 is 0 Å². The van der Waals surface area contributed by atoms with Crippen LogP contribution in [0.15, 0.2) is 42.5 Å². The number of carbonyl (C=O) groups excluding carboxylic acids is 2. The summed E-state index contributed by atoms with van der Waals surface area (Å²) in [6, 6.07) is 12.2. The van der Waals surface area contributed by atoms with Crippen LogP contribution in [0.4, 0.5) is 0 Å². The Labute approximate surface area is 168 Å². The average Bonchev–Trinajstić information content (AvgIpc) is 3.29. The van der Waals surface area contributed by atoms with Gasteiger partial charge in [0.1, 0.15) is 11.6 Å². The zero-order valence-corrected chi connectivity index (χ0v) is 16.3. The second-order valence-electron chi connectivity index (χ2n) is 7.04. The molecule has 29 heavy (non-hydrogen) atoms. The first-order chi connectivity index (χ1) is 14.1. The smallest absolute Gasteiger partial charge is 0.338 e. The Morgan fingerprint density at radius 1 is 1.17 bits per heavy atom. The number of ether oxygens (including phenoxy) is 1. The maximum absolute atomic E-state index is 12.1. The number of rotatable bonds is 6. The molecule has 1 fully saturated rings. The molecule has 1 amide bonds. The molecular weight excluding hydrogens is 370 g/mol. The van der Waals surface area contributed by atoms with Gasteiger partial charge in [0.15, 0.2) is 0 Å². The molecule has 0 spiro atoms. The third-order valence-corrected chi connectivity index (χ3v) is 5.15. The van der Waals surface area contributed by atoms with Gasteiger partial charge in [0.25, 0.3) is 0 Å². The van der Waals surface area contributed by atoms with Crippen LogP contribution in [0.5, 0.6) is 5.75 Å². The van der Waals surface area contributed by atoms with Gasteiger partial charge in [-0.15, -0.1) is 0 Å². The Balaban J connectivity index is 1.74. The molecule has 2 heterocycles. The molecule has 0 saturated carbocycles. The summed E-state index contributed by atoms with van der Waals surface area (Å²) in [5.41, 5.74) is 2.87. The molecule has 0 radical (unpaired) electrons. The molecule has 150 valence electrons. The van der Waals surface area contributed by atoms with Crippen molar-refractivity contribution in [3.8, 4) is 17.1 Å². The molecule has 4 rings (SSSR count). The van der Waals surface area contributed by atoms with Crippen molar-refractivity contribution in [3.05, 3.63) is 48.0 Å². The van der Waals surface area contributed by atoms with Crippen molar-refractivity contribution >= 4 is 22.9 Å². The van der Waals surface area contributed by atoms with Crippen LogP contribution in [-0.4, -0.2) is 51.1 Å². The first-order valence-electron chi connectivity index (χ1n) is 9.81. The lowest BCUT2D eigenvalue weighted by Gasteiger charge is -2.17. The molecule has 0 aliphatic carbocycles. The van der Waals surface area contributed by atoms with Crippen LogP contribution in [-0.2, 0) is 16.1 Å². The van der Waals surface area contributed by atoms with E-state index in [0.717, 1.165) is 29.9 Å². The van der Waals surface area contributed by atoms with Gasteiger partial charge in [-0.1, -0.05) is 0 Å². The van der Waals surface area contributed by atoms with Gasteiger partial charge in [-0.25, -0.2) is 9.78 Å². The summed E-state index contributed by atoms with van der Waals surface area (Å²) < 4.78 is 7.15. The van der Waals surface area contributed by atoms with Crippen LogP contribution < -0.4 is 0 Å². The summed E-state index contributed by atoms with van der Waals surface area (Å²) in [6.07, 6.45) is 1.51. The molecule has 0 atom stereocenters. The number of hydrogen-bond acceptors (Lipinski definition) is 5. The number of imidazole rings is 1. The highest BCUT2D eigenvalue weighted by molar-refractivity contribution is 5.94. The lowest BCUT2D eigenvalue weighted by molar-refractivity contribution is -0.127. The number of amides is 1. The summed E-state index contributed by atoms with van der Waals surface area (Å²) in [6.45, 7) is 4.07. The second-order valence-corrected chi connectivity index (χ2v) is 7.04. The van der Waals surface area contributed by atoms with E-state index in [4.69, 9.17) is 9.72 Å². The summed E-state index contributed by atoms with van der Waals surface area (Å²) in [5, 5.41) is 9.61. The standard InChI is InChI=1S/C22H23N3O4/c1-2-29-22(28)16-7-10-19-18(14-16)23-21(15-5-8-17(26)9-6-15)25(19)13-12-24-11-3-4-20(24)27/h5-10,14,26H,2-4,11-13H2,1H3. The topological polar surface area (TPSA) is 84.7 Å². The molecule has 3 aromatic rings. The number of carbonyl (C=O) groups is 2. The first kappa shape index (κ1) is 19.0. The third-order valence-electron chi connectivity index (χ3n) is 5.15. The Hall–Kier alpha value is -3.35. The van der Waals surface area contributed by atoms with Crippen LogP contribution in [0, 0.1) is 0 Å². The van der Waals surface area contributed by atoms with Gasteiger partial charge in [-0.2, -0.15) is 0 Å². The minimum absolute atomic E-state index is 0.184. The number of aromatic hydroxyl groups is 1. The highest BCUT2D eigenvalue weighted by Gasteiger charge is 2.21. The van der Waals surface area contributed by atoms with E-state index in [-0.39, 0.29) is 17.6 Å². The number of hydrogen-bond donors (Lipinski definition) is 1. The predicted octanol–water partition coefficient (Wildman–Crippen LogP) is 3.21. The van der Waals surface area contributed by atoms with Gasteiger partial charge >= 0.3 is 5.97 Å². The van der Waals surface area contributed by atoms with Gasteiger partial charge in [-0.05, 0) is 55.8 Å². The van der Waals surface area contributed by atoms with Crippen LogP contribution in [0.2, 0.25) is 0 Å². The Bertz CT molecular complexity index is 1060. The quantitative estimate of drug-likeness (QED) is 0.650. The summed E-state index contributed by atoms with van der Waals surface area (Å²) in [5.74, 6) is 0.722. The Kier molecular flexibility index (Phi) is 5.20. The molecule has 2 aromatic carbocycles. The number of phenols is 1.